The predicted molar refractivity (Wildman–Crippen MR) is 179 cm³/mol. The monoisotopic (exact) mass is 570 g/mol. The van der Waals surface area contributed by atoms with Crippen molar-refractivity contribution in [2.75, 3.05) is 4.90 Å². The molecule has 5 heteroatoms. The van der Waals surface area contributed by atoms with Crippen molar-refractivity contribution < 1.29 is 9.90 Å². The van der Waals surface area contributed by atoms with E-state index in [1.807, 2.05) is 18.2 Å². The fraction of sp³-hybridized carbons (Fsp3) is 0.189. The third kappa shape index (κ3) is 7.54. The first kappa shape index (κ1) is 30.3. The summed E-state index contributed by atoms with van der Waals surface area (Å²) in [6.07, 6.45) is 5.44. The summed E-state index contributed by atoms with van der Waals surface area (Å²) in [7, 11) is -1.41. The molecule has 0 saturated carbocycles. The highest BCUT2D eigenvalue weighted by atomic mass is 28.3. The molecule has 0 fully saturated rings. The predicted octanol–water partition coefficient (Wildman–Crippen LogP) is 9.16. The van der Waals surface area contributed by atoms with E-state index >= 15 is 0 Å². The molecular formula is C37H38N2O2Si. The van der Waals surface area contributed by atoms with Crippen LogP contribution in [0.3, 0.4) is 0 Å². The van der Waals surface area contributed by atoms with Gasteiger partial charge >= 0.3 is 5.97 Å². The standard InChI is InChI=1S/C37H38N2O2Si/c1-37(2,3)31-15-19-33(20-16-31)39(34-21-23-35(24-22-34)42(4,5)6)32-17-13-28(14-18-32)8-7-27-9-11-29(12-10-27)25-30(26-38)36(40)41/h7-25H,1-6H3,(H,40,41). The summed E-state index contributed by atoms with van der Waals surface area (Å²) in [5, 5.41) is 19.5. The van der Waals surface area contributed by atoms with E-state index in [1.54, 1.807) is 18.2 Å². The molecule has 0 atom stereocenters. The Morgan fingerprint density at radius 2 is 1.12 bits per heavy atom. The molecule has 0 unspecified atom stereocenters. The lowest BCUT2D eigenvalue weighted by atomic mass is 9.87. The molecule has 4 rings (SSSR count). The summed E-state index contributed by atoms with van der Waals surface area (Å²) in [4.78, 5) is 13.4. The van der Waals surface area contributed by atoms with Gasteiger partial charge in [-0.05, 0) is 70.1 Å². The molecule has 4 aromatic carbocycles. The zero-order valence-electron chi connectivity index (χ0n) is 25.2. The minimum atomic E-state index is -1.41. The van der Waals surface area contributed by atoms with Gasteiger partial charge in [0.25, 0.3) is 0 Å². The Labute approximate surface area is 250 Å². The van der Waals surface area contributed by atoms with Crippen molar-refractivity contribution in [3.63, 3.8) is 0 Å². The average Bonchev–Trinajstić information content (AvgIpc) is 2.96. The van der Waals surface area contributed by atoms with Crippen LogP contribution < -0.4 is 10.1 Å². The molecule has 0 aliphatic heterocycles. The number of rotatable bonds is 8. The Kier molecular flexibility index (Phi) is 8.99. The second-order valence-electron chi connectivity index (χ2n) is 12.5. The second kappa shape index (κ2) is 12.5. The number of anilines is 3. The fourth-order valence-electron chi connectivity index (χ4n) is 4.61. The van der Waals surface area contributed by atoms with Gasteiger partial charge in [0.05, 0.1) is 8.07 Å². The van der Waals surface area contributed by atoms with E-state index in [9.17, 15) is 4.79 Å². The van der Waals surface area contributed by atoms with Gasteiger partial charge in [-0.25, -0.2) is 4.79 Å². The van der Waals surface area contributed by atoms with Crippen LogP contribution >= 0.6 is 0 Å². The number of nitrogens with zero attached hydrogens (tertiary/aromatic N) is 2. The van der Waals surface area contributed by atoms with Gasteiger partial charge in [0.15, 0.2) is 0 Å². The van der Waals surface area contributed by atoms with Crippen molar-refractivity contribution in [1.29, 1.82) is 5.26 Å². The molecular weight excluding hydrogens is 533 g/mol. The maximum atomic E-state index is 11.1. The van der Waals surface area contributed by atoms with E-state index in [0.29, 0.717) is 5.56 Å². The lowest BCUT2D eigenvalue weighted by Gasteiger charge is -2.28. The van der Waals surface area contributed by atoms with Gasteiger partial charge in [-0.15, -0.1) is 0 Å². The van der Waals surface area contributed by atoms with Crippen LogP contribution in [0, 0.1) is 11.3 Å². The molecule has 0 bridgehead atoms. The van der Waals surface area contributed by atoms with E-state index < -0.39 is 14.0 Å². The van der Waals surface area contributed by atoms with Crippen LogP contribution in [-0.2, 0) is 10.2 Å². The summed E-state index contributed by atoms with van der Waals surface area (Å²) in [6.45, 7) is 13.8. The Morgan fingerprint density at radius 3 is 1.52 bits per heavy atom. The Balaban J connectivity index is 1.61. The first-order chi connectivity index (χ1) is 19.8. The molecule has 0 amide bonds. The largest absolute Gasteiger partial charge is 0.477 e. The number of benzene rings is 4. The van der Waals surface area contributed by atoms with Crippen LogP contribution in [0.2, 0.25) is 19.6 Å². The average molecular weight is 571 g/mol. The van der Waals surface area contributed by atoms with Crippen LogP contribution in [0.25, 0.3) is 18.2 Å². The van der Waals surface area contributed by atoms with Gasteiger partial charge in [0.1, 0.15) is 11.6 Å². The zero-order chi connectivity index (χ0) is 30.5. The molecule has 0 spiro atoms. The molecule has 4 aromatic rings. The first-order valence-corrected chi connectivity index (χ1v) is 17.6. The summed E-state index contributed by atoms with van der Waals surface area (Å²) >= 11 is 0. The van der Waals surface area contributed by atoms with E-state index in [1.165, 1.54) is 16.8 Å². The SMILES string of the molecule is CC(C)(C)c1ccc(N(c2ccc(C=Cc3ccc(C=C(C#N)C(=O)O)cc3)cc2)c2ccc([Si](C)(C)C)cc2)cc1. The van der Waals surface area contributed by atoms with Gasteiger partial charge in [-0.2, -0.15) is 5.26 Å². The van der Waals surface area contributed by atoms with Crippen molar-refractivity contribution in [3.05, 3.63) is 125 Å². The first-order valence-electron chi connectivity index (χ1n) is 14.1. The number of hydrogen-bond donors (Lipinski definition) is 1. The third-order valence-corrected chi connectivity index (χ3v) is 9.27. The Bertz CT molecular complexity index is 1570. The van der Waals surface area contributed by atoms with Crippen molar-refractivity contribution in [2.45, 2.75) is 45.8 Å². The molecule has 0 aliphatic rings. The van der Waals surface area contributed by atoms with E-state index in [-0.39, 0.29) is 11.0 Å². The molecule has 0 radical (unpaired) electrons. The fourth-order valence-corrected chi connectivity index (χ4v) is 5.77. The maximum absolute atomic E-state index is 11.1. The highest BCUT2D eigenvalue weighted by Crippen LogP contribution is 2.36. The van der Waals surface area contributed by atoms with Crippen LogP contribution in [-0.4, -0.2) is 19.1 Å². The lowest BCUT2D eigenvalue weighted by molar-refractivity contribution is -0.132. The van der Waals surface area contributed by atoms with Crippen molar-refractivity contribution >= 4 is 54.5 Å². The van der Waals surface area contributed by atoms with E-state index in [4.69, 9.17) is 10.4 Å². The van der Waals surface area contributed by atoms with Crippen LogP contribution in [0.5, 0.6) is 0 Å². The summed E-state index contributed by atoms with van der Waals surface area (Å²) in [6, 6.07) is 35.5. The normalized spacial score (nSPS) is 12.3. The minimum absolute atomic E-state index is 0.0887. The third-order valence-electron chi connectivity index (χ3n) is 7.20. The minimum Gasteiger partial charge on any atom is -0.477 e. The van der Waals surface area contributed by atoms with Gasteiger partial charge in [0, 0.05) is 17.1 Å². The van der Waals surface area contributed by atoms with E-state index in [0.717, 1.165) is 28.2 Å². The zero-order valence-corrected chi connectivity index (χ0v) is 26.2. The number of hydrogen-bond acceptors (Lipinski definition) is 3. The molecule has 0 aliphatic carbocycles. The van der Waals surface area contributed by atoms with Crippen LogP contribution in [0.15, 0.2) is 103 Å². The van der Waals surface area contributed by atoms with Gasteiger partial charge < -0.3 is 10.0 Å². The molecule has 212 valence electrons. The maximum Gasteiger partial charge on any atom is 0.346 e. The number of carboxylic acid groups (broad SMARTS) is 1. The summed E-state index contributed by atoms with van der Waals surface area (Å²) < 4.78 is 0. The lowest BCUT2D eigenvalue weighted by Crippen LogP contribution is -2.37. The highest BCUT2D eigenvalue weighted by molar-refractivity contribution is 6.88. The van der Waals surface area contributed by atoms with Gasteiger partial charge in [-0.3, -0.25) is 0 Å². The molecule has 0 saturated heterocycles. The Hall–Kier alpha value is -4.66. The van der Waals surface area contributed by atoms with Gasteiger partial charge in [0.2, 0.25) is 0 Å². The second-order valence-corrected chi connectivity index (χ2v) is 17.6. The topological polar surface area (TPSA) is 64.3 Å². The number of nitriles is 1. The van der Waals surface area contributed by atoms with Crippen LogP contribution in [0.1, 0.15) is 43.0 Å². The highest BCUT2D eigenvalue weighted by Gasteiger charge is 2.19. The molecule has 4 nitrogen and oxygen atoms in total. The molecule has 1 N–H and O–H groups in total. The van der Waals surface area contributed by atoms with Crippen molar-refractivity contribution in [2.24, 2.45) is 0 Å². The molecule has 0 heterocycles. The quantitative estimate of drug-likeness (QED) is 0.0993. The smallest absolute Gasteiger partial charge is 0.346 e. The van der Waals surface area contributed by atoms with Crippen molar-refractivity contribution in [1.82, 2.24) is 0 Å². The van der Waals surface area contributed by atoms with E-state index in [2.05, 4.69) is 124 Å². The number of aliphatic carboxylic acids is 1. The molecule has 42 heavy (non-hydrogen) atoms. The summed E-state index contributed by atoms with van der Waals surface area (Å²) in [5.41, 5.74) is 7.14. The van der Waals surface area contributed by atoms with Crippen molar-refractivity contribution in [3.8, 4) is 6.07 Å². The van der Waals surface area contributed by atoms with Gasteiger partial charge in [-0.1, -0.05) is 118 Å². The number of carboxylic acids is 1. The number of carbonyl (C=O) groups is 1. The summed E-state index contributed by atoms with van der Waals surface area (Å²) in [5.74, 6) is -1.23. The Morgan fingerprint density at radius 1 is 0.714 bits per heavy atom. The van der Waals surface area contributed by atoms with Crippen LogP contribution in [0.4, 0.5) is 17.1 Å². The molecule has 0 aromatic heterocycles.